The second-order valence-electron chi connectivity index (χ2n) is 8.94. The predicted octanol–water partition coefficient (Wildman–Crippen LogP) is 4.24. The Balaban J connectivity index is 1.97. The zero-order valence-electron chi connectivity index (χ0n) is 18.3. The van der Waals surface area contributed by atoms with Gasteiger partial charge in [0.15, 0.2) is 11.6 Å². The highest BCUT2D eigenvalue weighted by Gasteiger charge is 2.28. The molecule has 0 aliphatic carbocycles. The molecule has 0 radical (unpaired) electrons. The molecule has 32 heavy (non-hydrogen) atoms. The molecule has 10 heteroatoms. The summed E-state index contributed by atoms with van der Waals surface area (Å²) in [6.45, 7) is 6.59. The maximum absolute atomic E-state index is 13.4. The van der Waals surface area contributed by atoms with E-state index in [1.165, 1.54) is 22.3 Å². The van der Waals surface area contributed by atoms with E-state index in [2.05, 4.69) is 35.2 Å². The van der Waals surface area contributed by atoms with Crippen LogP contribution in [0.3, 0.4) is 0 Å². The van der Waals surface area contributed by atoms with Crippen LogP contribution < -0.4 is 11.3 Å². The van der Waals surface area contributed by atoms with E-state index in [0.717, 1.165) is 0 Å². The maximum Gasteiger partial charge on any atom is 0.281 e. The minimum absolute atomic E-state index is 0.0222. The van der Waals surface area contributed by atoms with Crippen LogP contribution in [0.1, 0.15) is 32.8 Å². The van der Waals surface area contributed by atoms with Crippen LogP contribution in [0.2, 0.25) is 0 Å². The zero-order valence-corrected chi connectivity index (χ0v) is 20.0. The maximum atomic E-state index is 13.4. The number of amidine groups is 1. The Labute approximate surface area is 190 Å². The van der Waals surface area contributed by atoms with Crippen molar-refractivity contribution in [2.24, 2.45) is 14.8 Å². The molecule has 1 atom stereocenters. The molecule has 0 spiro atoms. The van der Waals surface area contributed by atoms with Crippen molar-refractivity contribution in [1.29, 1.82) is 0 Å². The first-order valence-corrected chi connectivity index (χ1v) is 12.9. The van der Waals surface area contributed by atoms with Crippen molar-refractivity contribution in [3.8, 4) is 16.3 Å². The lowest BCUT2D eigenvalue weighted by atomic mass is 9.92. The van der Waals surface area contributed by atoms with Crippen LogP contribution in [0, 0.1) is 5.41 Å². The van der Waals surface area contributed by atoms with Gasteiger partial charge in [-0.05, 0) is 41.5 Å². The van der Waals surface area contributed by atoms with Gasteiger partial charge in [-0.25, -0.2) is 13.9 Å². The summed E-state index contributed by atoms with van der Waals surface area (Å²) in [6, 6.07) is 8.51. The second kappa shape index (κ2) is 7.86. The number of aromatic hydroxyl groups is 1. The van der Waals surface area contributed by atoms with Crippen molar-refractivity contribution in [2.75, 3.05) is 12.0 Å². The van der Waals surface area contributed by atoms with E-state index < -0.39 is 15.3 Å². The molecule has 1 aliphatic rings. The van der Waals surface area contributed by atoms with E-state index >= 15 is 0 Å². The number of hydrogen-bond donors (Lipinski definition) is 2. The van der Waals surface area contributed by atoms with Crippen molar-refractivity contribution >= 4 is 38.3 Å². The number of rotatable bonds is 4. The zero-order chi connectivity index (χ0) is 23.3. The average Bonchev–Trinajstić information content (AvgIpc) is 3.21. The molecule has 3 heterocycles. The van der Waals surface area contributed by atoms with Crippen LogP contribution >= 0.6 is 11.3 Å². The number of nitrogen functional groups attached to an aromatic ring is 1. The Morgan fingerprint density at radius 2 is 2.00 bits per heavy atom. The van der Waals surface area contributed by atoms with Crippen molar-refractivity contribution in [2.45, 2.75) is 38.6 Å². The van der Waals surface area contributed by atoms with E-state index in [4.69, 9.17) is 5.73 Å². The lowest BCUT2D eigenvalue weighted by Gasteiger charge is -2.20. The molecule has 0 bridgehead atoms. The molecule has 0 amide bonds. The Morgan fingerprint density at radius 1 is 1.25 bits per heavy atom. The molecule has 1 aliphatic heterocycles. The van der Waals surface area contributed by atoms with Gasteiger partial charge in [-0.3, -0.25) is 4.79 Å². The standard InChI is InChI=1S/C22H25N5O3S2/c1-22(2,3)9-10-27-21(29)17(19(28)18(25-27)15-6-5-11-31-15)20-24-14-8-7-13(23)12-16(14)32(4,30)26-20/h5-8,11-12,28H,9-10,23H2,1-4H3. The van der Waals surface area contributed by atoms with E-state index in [9.17, 15) is 14.1 Å². The summed E-state index contributed by atoms with van der Waals surface area (Å²) in [7, 11) is -2.92. The Hall–Kier alpha value is -2.98. The highest BCUT2D eigenvalue weighted by Crippen LogP contribution is 2.36. The number of fused-ring (bicyclic) bond motifs is 1. The predicted molar refractivity (Wildman–Crippen MR) is 129 cm³/mol. The smallest absolute Gasteiger partial charge is 0.281 e. The summed E-state index contributed by atoms with van der Waals surface area (Å²) in [4.78, 5) is 19.0. The van der Waals surface area contributed by atoms with Gasteiger partial charge >= 0.3 is 0 Å². The van der Waals surface area contributed by atoms with Crippen LogP contribution in [0.15, 0.2) is 54.8 Å². The van der Waals surface area contributed by atoms with Gasteiger partial charge in [0, 0.05) is 18.5 Å². The third kappa shape index (κ3) is 4.20. The van der Waals surface area contributed by atoms with Crippen molar-refractivity contribution in [1.82, 2.24) is 9.78 Å². The quantitative estimate of drug-likeness (QED) is 0.551. The molecule has 1 unspecified atom stereocenters. The fourth-order valence-electron chi connectivity index (χ4n) is 3.31. The summed E-state index contributed by atoms with van der Waals surface area (Å²) in [5.74, 6) is -0.386. The number of thiophene rings is 1. The minimum Gasteiger partial charge on any atom is -0.505 e. The molecule has 3 N–H and O–H groups in total. The number of aryl methyl sites for hydroxylation is 1. The largest absolute Gasteiger partial charge is 0.505 e. The fraction of sp³-hybridized carbons (Fsp3) is 0.318. The van der Waals surface area contributed by atoms with Gasteiger partial charge < -0.3 is 10.8 Å². The fourth-order valence-corrected chi connectivity index (χ4v) is 5.44. The van der Waals surface area contributed by atoms with Crippen molar-refractivity contribution < 1.29 is 9.32 Å². The molecule has 2 aromatic heterocycles. The van der Waals surface area contributed by atoms with Gasteiger partial charge in [-0.2, -0.15) is 9.46 Å². The summed E-state index contributed by atoms with van der Waals surface area (Å²) >= 11 is 1.39. The van der Waals surface area contributed by atoms with Crippen LogP contribution in [0.25, 0.3) is 10.6 Å². The van der Waals surface area contributed by atoms with E-state index in [1.54, 1.807) is 18.2 Å². The molecule has 168 valence electrons. The van der Waals surface area contributed by atoms with Crippen LogP contribution in [-0.2, 0) is 16.3 Å². The first kappa shape index (κ1) is 22.2. The normalized spacial score (nSPS) is 18.1. The van der Waals surface area contributed by atoms with E-state index in [-0.39, 0.29) is 28.3 Å². The molecule has 0 saturated carbocycles. The average molecular weight is 472 g/mol. The minimum atomic E-state index is -2.92. The monoisotopic (exact) mass is 471 g/mol. The SMILES string of the molecule is CC(C)(C)CCn1nc(-c2cccs2)c(O)c(C2=Nc3ccc(N)cc3S(C)(=O)=N2)c1=O. The van der Waals surface area contributed by atoms with E-state index in [1.807, 2.05) is 17.5 Å². The van der Waals surface area contributed by atoms with Crippen molar-refractivity contribution in [3.63, 3.8) is 0 Å². The summed E-state index contributed by atoms with van der Waals surface area (Å²) < 4.78 is 19.0. The molecule has 0 saturated heterocycles. The Bertz CT molecular complexity index is 1410. The molecule has 0 fully saturated rings. The highest BCUT2D eigenvalue weighted by molar-refractivity contribution is 7.93. The van der Waals surface area contributed by atoms with Crippen LogP contribution in [0.4, 0.5) is 11.4 Å². The molecule has 1 aromatic carbocycles. The highest BCUT2D eigenvalue weighted by atomic mass is 32.2. The summed E-state index contributed by atoms with van der Waals surface area (Å²) in [5, 5.41) is 17.4. The molecule has 8 nitrogen and oxygen atoms in total. The first-order chi connectivity index (χ1) is 15.0. The Morgan fingerprint density at radius 3 is 2.66 bits per heavy atom. The number of benzene rings is 1. The summed E-state index contributed by atoms with van der Waals surface area (Å²) in [5.41, 5.74) is 6.32. The van der Waals surface area contributed by atoms with E-state index in [0.29, 0.717) is 34.1 Å². The second-order valence-corrected chi connectivity index (χ2v) is 12.1. The number of anilines is 1. The molecule has 3 aromatic rings. The lowest BCUT2D eigenvalue weighted by molar-refractivity contribution is 0.335. The van der Waals surface area contributed by atoms with Crippen LogP contribution in [-0.4, -0.2) is 31.2 Å². The van der Waals surface area contributed by atoms with Gasteiger partial charge in [-0.15, -0.1) is 11.3 Å². The number of aromatic nitrogens is 2. The number of nitrogens with two attached hydrogens (primary N) is 1. The van der Waals surface area contributed by atoms with Gasteiger partial charge in [0.1, 0.15) is 11.3 Å². The van der Waals surface area contributed by atoms with Gasteiger partial charge in [0.05, 0.1) is 25.2 Å². The lowest BCUT2D eigenvalue weighted by Crippen LogP contribution is -2.31. The number of hydrogen-bond acceptors (Lipinski definition) is 8. The van der Waals surface area contributed by atoms with Crippen LogP contribution in [0.5, 0.6) is 5.75 Å². The number of aliphatic imine (C=N–C) groups is 1. The topological polar surface area (TPSA) is 123 Å². The third-order valence-electron chi connectivity index (χ3n) is 5.06. The molecular weight excluding hydrogens is 446 g/mol. The van der Waals surface area contributed by atoms with Gasteiger partial charge in [0.25, 0.3) is 5.56 Å². The Kier molecular flexibility index (Phi) is 5.46. The van der Waals surface area contributed by atoms with Crippen molar-refractivity contribution in [3.05, 3.63) is 51.6 Å². The summed E-state index contributed by atoms with van der Waals surface area (Å²) in [6.07, 6.45) is 2.17. The third-order valence-corrected chi connectivity index (χ3v) is 7.60. The molecule has 4 rings (SSSR count). The number of nitrogens with zero attached hydrogens (tertiary/aromatic N) is 4. The first-order valence-electron chi connectivity index (χ1n) is 10.0. The van der Waals surface area contributed by atoms with Gasteiger partial charge in [0.2, 0.25) is 0 Å². The van der Waals surface area contributed by atoms with Gasteiger partial charge in [-0.1, -0.05) is 26.8 Å². The molecular formula is C22H25N5O3S2.